The van der Waals surface area contributed by atoms with E-state index < -0.39 is 0 Å². The molecule has 24 rings (SSSR count). The Morgan fingerprint density at radius 1 is 0.228 bits per heavy atom. The maximum atomic E-state index is 6.59. The molecule has 0 aliphatic rings. The summed E-state index contributed by atoms with van der Waals surface area (Å²) in [5.74, 6) is 0. The summed E-state index contributed by atoms with van der Waals surface area (Å²) >= 11 is 3.86. The largest absolute Gasteiger partial charge is 0.456 e. The number of rotatable bonds is 3. The molecule has 472 valence electrons. The monoisotopic (exact) mass is 1360 g/mol. The molecule has 101 heavy (non-hydrogen) atoms. The van der Waals surface area contributed by atoms with Gasteiger partial charge in [0.25, 0.3) is 0 Å². The molecule has 0 amide bonds. The molecule has 0 atom stereocenters. The van der Waals surface area contributed by atoms with Crippen molar-refractivity contribution in [2.24, 2.45) is 0 Å². The third-order valence-electron chi connectivity index (χ3n) is 20.7. The highest BCUT2D eigenvalue weighted by atomic mass is 79.9. The van der Waals surface area contributed by atoms with E-state index in [1.54, 1.807) is 0 Å². The van der Waals surface area contributed by atoms with Gasteiger partial charge in [-0.2, -0.15) is 0 Å². The van der Waals surface area contributed by atoms with Gasteiger partial charge < -0.3 is 36.1 Å². The van der Waals surface area contributed by atoms with Gasteiger partial charge in [-0.15, -0.1) is 0 Å². The van der Waals surface area contributed by atoms with Crippen molar-refractivity contribution >= 4 is 213 Å². The quantitative estimate of drug-likeness (QED) is 0.177. The molecule has 0 saturated heterocycles. The molecule has 0 radical (unpaired) electrons. The Morgan fingerprint density at radius 3 is 0.941 bits per heavy atom. The lowest BCUT2D eigenvalue weighted by molar-refractivity contribution is 0.634. The SMILES string of the molecule is Brc1c2ccccc2c(-c2ccc3oc4cc5ccccc5cc4c3c2)c2ccccc12.c1ccc2c(c1)oc1c2[nH]c2c3ccccc3oc21.c1ccc2cc3c(cc2c1)oc1ccc(-c2c4ccccc4c(-n4c5c6ccccc6oc5c5oc6ccccc6c54)c4ccccc24)cc13. The van der Waals surface area contributed by atoms with E-state index in [1.807, 2.05) is 60.7 Å². The number of fused-ring (bicyclic) bond motifs is 26. The van der Waals surface area contributed by atoms with Gasteiger partial charge in [-0.25, -0.2) is 0 Å². The van der Waals surface area contributed by atoms with Gasteiger partial charge in [-0.05, 0) is 189 Å². The minimum atomic E-state index is 0.763. The van der Waals surface area contributed by atoms with Crippen LogP contribution in [0.1, 0.15) is 0 Å². The van der Waals surface area contributed by atoms with Crippen LogP contribution in [0.4, 0.5) is 0 Å². The van der Waals surface area contributed by atoms with Crippen molar-refractivity contribution in [3.05, 3.63) is 308 Å². The third kappa shape index (κ3) is 8.29. The van der Waals surface area contributed by atoms with Gasteiger partial charge in [0, 0.05) is 58.3 Å². The van der Waals surface area contributed by atoms with Crippen molar-refractivity contribution in [3.63, 3.8) is 0 Å². The molecule has 0 aliphatic carbocycles. The Morgan fingerprint density at radius 2 is 0.525 bits per heavy atom. The summed E-state index contributed by atoms with van der Waals surface area (Å²) in [5, 5.41) is 23.3. The van der Waals surface area contributed by atoms with Crippen molar-refractivity contribution in [1.29, 1.82) is 0 Å². The van der Waals surface area contributed by atoms with E-state index in [4.69, 9.17) is 26.5 Å². The summed E-state index contributed by atoms with van der Waals surface area (Å²) in [6, 6.07) is 106. The minimum Gasteiger partial charge on any atom is -0.456 e. The van der Waals surface area contributed by atoms with Gasteiger partial charge in [0.15, 0.2) is 22.3 Å². The molecule has 1 N–H and O–H groups in total. The van der Waals surface area contributed by atoms with Crippen LogP contribution in [0.5, 0.6) is 0 Å². The molecule has 16 aromatic carbocycles. The standard InChI is InChI=1S/C46H25NO3.C30H17BrO.C16H9NO2/c1-2-12-27-25-40-36(23-26(27)11-1)35-24-28(21-22-39(35)48-40)41-29-13-3-5-15-31(29)42(32-16-6-4-14-30(32)41)47-43-33-17-7-9-19-37(33)49-45(43)46-44(47)34-18-8-10-20-38(34)50-46;31-30-23-11-5-3-9-21(23)29(22-10-4-6-12-24(22)30)20-13-14-27-25(16-20)26-15-18-7-1-2-8-19(18)17-28(26)32-27;1-3-7-11-9(5-1)13-15(18-11)16-14(17-13)10-6-2-4-8-12(10)19-16/h1-25H;1-17H;1-8,17H. The Hall–Kier alpha value is -13.1. The fraction of sp³-hybridized carbons (Fsp3) is 0. The number of hydrogen-bond acceptors (Lipinski definition) is 6. The van der Waals surface area contributed by atoms with E-state index in [1.165, 1.54) is 70.6 Å². The van der Waals surface area contributed by atoms with E-state index in [2.05, 4.69) is 268 Å². The summed E-state index contributed by atoms with van der Waals surface area (Å²) in [7, 11) is 0. The molecular weight excluding hydrogens is 1310 g/mol. The number of halogens is 1. The lowest BCUT2D eigenvalue weighted by atomic mass is 9.89. The highest BCUT2D eigenvalue weighted by molar-refractivity contribution is 9.10. The molecule has 8 heterocycles. The maximum absolute atomic E-state index is 6.59. The fourth-order valence-corrected chi connectivity index (χ4v) is 16.9. The van der Waals surface area contributed by atoms with E-state index in [0.717, 1.165) is 159 Å². The predicted octanol–water partition coefficient (Wildman–Crippen LogP) is 27.6. The number of nitrogens with one attached hydrogen (secondary N) is 1. The maximum Gasteiger partial charge on any atom is 0.196 e. The average Bonchev–Trinajstić information content (AvgIpc) is 1.57. The smallest absolute Gasteiger partial charge is 0.196 e. The highest BCUT2D eigenvalue weighted by Crippen LogP contribution is 2.50. The Balaban J connectivity index is 0.000000108. The van der Waals surface area contributed by atoms with Crippen LogP contribution in [-0.4, -0.2) is 9.55 Å². The normalized spacial score (nSPS) is 12.2. The second-order valence-electron chi connectivity index (χ2n) is 26.2. The number of hydrogen-bond donors (Lipinski definition) is 1. The van der Waals surface area contributed by atoms with Gasteiger partial charge >= 0.3 is 0 Å². The number of furan rings is 6. The van der Waals surface area contributed by atoms with E-state index in [9.17, 15) is 0 Å². The van der Waals surface area contributed by atoms with Gasteiger partial charge in [0.1, 0.15) is 55.7 Å². The molecule has 0 saturated carbocycles. The molecule has 9 heteroatoms. The van der Waals surface area contributed by atoms with Crippen LogP contribution in [0.25, 0.3) is 225 Å². The summed E-state index contributed by atoms with van der Waals surface area (Å²) < 4.78 is 41.2. The zero-order valence-electron chi connectivity index (χ0n) is 53.6. The van der Waals surface area contributed by atoms with Crippen LogP contribution in [0.2, 0.25) is 0 Å². The molecular formula is C92H51BrN2O6. The number of aromatic amines is 1. The lowest BCUT2D eigenvalue weighted by Crippen LogP contribution is -1.99. The first-order valence-electron chi connectivity index (χ1n) is 33.9. The lowest BCUT2D eigenvalue weighted by Gasteiger charge is -2.19. The summed E-state index contributed by atoms with van der Waals surface area (Å²) in [5.41, 5.74) is 20.2. The second kappa shape index (κ2) is 21.5. The van der Waals surface area contributed by atoms with E-state index in [-0.39, 0.29) is 0 Å². The Kier molecular flexibility index (Phi) is 11.9. The van der Waals surface area contributed by atoms with Crippen LogP contribution in [0, 0.1) is 0 Å². The van der Waals surface area contributed by atoms with Gasteiger partial charge in [0.2, 0.25) is 0 Å². The average molecular weight is 1360 g/mol. The predicted molar refractivity (Wildman–Crippen MR) is 420 cm³/mol. The number of para-hydroxylation sites is 4. The Labute approximate surface area is 580 Å². The van der Waals surface area contributed by atoms with Crippen LogP contribution in [0.3, 0.4) is 0 Å². The van der Waals surface area contributed by atoms with Crippen LogP contribution in [-0.2, 0) is 0 Å². The number of H-pyrrole nitrogens is 1. The minimum absolute atomic E-state index is 0.763. The molecule has 8 nitrogen and oxygen atoms in total. The Bertz CT molecular complexity index is 7340. The molecule has 0 spiro atoms. The third-order valence-corrected chi connectivity index (χ3v) is 21.5. The van der Waals surface area contributed by atoms with Gasteiger partial charge in [-0.1, -0.05) is 206 Å². The first kappa shape index (κ1) is 56.0. The summed E-state index contributed by atoms with van der Waals surface area (Å²) in [6.45, 7) is 0. The zero-order valence-corrected chi connectivity index (χ0v) is 55.2. The van der Waals surface area contributed by atoms with E-state index in [0.29, 0.717) is 0 Å². The van der Waals surface area contributed by atoms with Crippen molar-refractivity contribution in [3.8, 4) is 27.9 Å². The molecule has 0 fully saturated rings. The van der Waals surface area contributed by atoms with Crippen LogP contribution >= 0.6 is 15.9 Å². The summed E-state index contributed by atoms with van der Waals surface area (Å²) in [4.78, 5) is 3.44. The second-order valence-corrected chi connectivity index (χ2v) is 27.0. The first-order valence-corrected chi connectivity index (χ1v) is 34.7. The molecule has 0 bridgehead atoms. The van der Waals surface area contributed by atoms with Crippen molar-refractivity contribution in [1.82, 2.24) is 9.55 Å². The number of benzene rings is 16. The zero-order chi connectivity index (χ0) is 66.1. The van der Waals surface area contributed by atoms with Gasteiger partial charge in [0.05, 0.1) is 16.7 Å². The first-order chi connectivity index (χ1) is 50.0. The fourth-order valence-electron chi connectivity index (χ4n) is 16.2. The number of nitrogens with zero attached hydrogens (tertiary/aromatic N) is 1. The molecule has 8 aromatic heterocycles. The highest BCUT2D eigenvalue weighted by Gasteiger charge is 2.29. The topological polar surface area (TPSA) is 99.6 Å². The van der Waals surface area contributed by atoms with Gasteiger partial charge in [-0.3, -0.25) is 0 Å². The van der Waals surface area contributed by atoms with Crippen LogP contribution < -0.4 is 0 Å². The molecule has 0 unspecified atom stereocenters. The molecule has 24 aromatic rings. The summed E-state index contributed by atoms with van der Waals surface area (Å²) in [6.07, 6.45) is 0. The van der Waals surface area contributed by atoms with Crippen molar-refractivity contribution in [2.45, 2.75) is 0 Å². The van der Waals surface area contributed by atoms with Crippen molar-refractivity contribution < 1.29 is 26.5 Å². The van der Waals surface area contributed by atoms with Crippen LogP contribution in [0.15, 0.2) is 334 Å². The van der Waals surface area contributed by atoms with E-state index >= 15 is 0 Å². The number of aromatic nitrogens is 2. The van der Waals surface area contributed by atoms with Crippen molar-refractivity contribution in [2.75, 3.05) is 0 Å². The molecule has 0 aliphatic heterocycles.